The molecule has 0 fully saturated rings. The van der Waals surface area contributed by atoms with Gasteiger partial charge in [0.05, 0.1) is 62.2 Å². The first kappa shape index (κ1) is 34.4. The molecular formula is C48H38N4O4. The number of aromatic nitrogens is 4. The topological polar surface area (TPSA) is 83.4 Å². The fourth-order valence-corrected chi connectivity index (χ4v) is 7.51. The molecule has 8 bridgehead atoms. The van der Waals surface area contributed by atoms with Gasteiger partial charge in [0.2, 0.25) is 0 Å². The summed E-state index contributed by atoms with van der Waals surface area (Å²) in [6.45, 7) is 0. The average Bonchev–Trinajstić information content (AvgIpc) is 4.06. The molecule has 5 heterocycles. The SMILES string of the molecule is COc1cccc(-c2c(-c3cccc(OC)c3)c3c(-c4cccc(OC)c4)c4nc(cc5ccc(cc6nc(cc2n3-c2cccc(OC)c2)C=C6)[nH]5)C=C4)c1. The molecule has 0 amide bonds. The van der Waals surface area contributed by atoms with Crippen LogP contribution in [-0.2, 0) is 0 Å². The Bertz CT molecular complexity index is 2880. The number of fused-ring (bicyclic) bond motifs is 8. The first-order valence-electron chi connectivity index (χ1n) is 18.3. The molecule has 274 valence electrons. The highest BCUT2D eigenvalue weighted by Crippen LogP contribution is 2.48. The van der Waals surface area contributed by atoms with Crippen LogP contribution in [0.25, 0.3) is 85.4 Å². The molecule has 56 heavy (non-hydrogen) atoms. The Hall–Kier alpha value is -7.32. The van der Waals surface area contributed by atoms with Crippen molar-refractivity contribution in [1.29, 1.82) is 0 Å². The maximum Gasteiger partial charge on any atom is 0.120 e. The second-order valence-electron chi connectivity index (χ2n) is 13.4. The standard InChI is InChI=1S/C48H38N4O4/c1-53-39-13-5-9-30(23-39)45-43-22-21-36(51-43)27-35-18-17-33(49-35)26-34-19-20-37(50-34)28-44-46(31-10-6-14-40(24-31)54-2)47(32-11-7-15-41(25-32)55-3)48(45)52(44)38-12-8-16-42(29-38)56-4/h5-29,49H,1-4H3. The number of hydrogen-bond acceptors (Lipinski definition) is 6. The number of H-pyrrole nitrogens is 1. The van der Waals surface area contributed by atoms with Gasteiger partial charge < -0.3 is 28.5 Å². The van der Waals surface area contributed by atoms with Crippen LogP contribution in [0, 0.1) is 0 Å². The van der Waals surface area contributed by atoms with Gasteiger partial charge in [0.25, 0.3) is 0 Å². The van der Waals surface area contributed by atoms with E-state index in [1.807, 2.05) is 54.6 Å². The van der Waals surface area contributed by atoms with Crippen molar-refractivity contribution in [2.45, 2.75) is 0 Å². The lowest BCUT2D eigenvalue weighted by Crippen LogP contribution is -1.98. The molecule has 0 saturated heterocycles. The third kappa shape index (κ3) is 6.37. The van der Waals surface area contributed by atoms with Gasteiger partial charge in [-0.05, 0) is 120 Å². The lowest BCUT2D eigenvalue weighted by molar-refractivity contribution is 0.414. The number of hydrogen-bond donors (Lipinski definition) is 1. The number of nitrogens with one attached hydrogen (secondary N) is 1. The Morgan fingerprint density at radius 1 is 0.446 bits per heavy atom. The van der Waals surface area contributed by atoms with Crippen LogP contribution in [0.15, 0.2) is 127 Å². The van der Waals surface area contributed by atoms with Crippen LogP contribution < -0.4 is 18.9 Å². The fourth-order valence-electron chi connectivity index (χ4n) is 7.51. The van der Waals surface area contributed by atoms with Crippen molar-refractivity contribution in [2.75, 3.05) is 28.4 Å². The van der Waals surface area contributed by atoms with E-state index in [1.54, 1.807) is 28.4 Å². The van der Waals surface area contributed by atoms with E-state index < -0.39 is 0 Å². The van der Waals surface area contributed by atoms with E-state index >= 15 is 0 Å². The molecule has 0 spiro atoms. The summed E-state index contributed by atoms with van der Waals surface area (Å²) in [6.07, 6.45) is 8.25. The number of methoxy groups -OCH3 is 4. The zero-order valence-corrected chi connectivity index (χ0v) is 31.4. The first-order chi connectivity index (χ1) is 27.5. The number of nitrogens with zero attached hydrogens (tertiary/aromatic N) is 3. The van der Waals surface area contributed by atoms with Crippen LogP contribution in [0.2, 0.25) is 0 Å². The normalized spacial score (nSPS) is 11.8. The Labute approximate surface area is 324 Å². The van der Waals surface area contributed by atoms with E-state index in [4.69, 9.17) is 28.9 Å². The van der Waals surface area contributed by atoms with Crippen molar-refractivity contribution >= 4 is 46.4 Å². The predicted octanol–water partition coefficient (Wildman–Crippen LogP) is 11.2. The maximum atomic E-state index is 5.86. The van der Waals surface area contributed by atoms with E-state index in [0.717, 1.165) is 107 Å². The van der Waals surface area contributed by atoms with Crippen molar-refractivity contribution < 1.29 is 18.9 Å². The molecule has 0 saturated carbocycles. The third-order valence-corrected chi connectivity index (χ3v) is 10.1. The Morgan fingerprint density at radius 2 is 0.929 bits per heavy atom. The summed E-state index contributed by atoms with van der Waals surface area (Å²) in [6, 6.07) is 43.1. The third-order valence-electron chi connectivity index (χ3n) is 10.1. The number of benzene rings is 4. The van der Waals surface area contributed by atoms with Crippen molar-refractivity contribution in [3.8, 4) is 62.1 Å². The number of aromatic amines is 1. The Balaban J connectivity index is 1.62. The smallest absolute Gasteiger partial charge is 0.120 e. The molecule has 8 heteroatoms. The molecule has 4 aromatic carbocycles. The van der Waals surface area contributed by atoms with Gasteiger partial charge >= 0.3 is 0 Å². The molecule has 3 aromatic heterocycles. The molecule has 7 aromatic rings. The molecule has 0 aliphatic carbocycles. The quantitative estimate of drug-likeness (QED) is 0.167. The number of ether oxygens (including phenoxy) is 4. The van der Waals surface area contributed by atoms with Crippen LogP contribution in [0.5, 0.6) is 23.0 Å². The lowest BCUT2D eigenvalue weighted by atomic mass is 9.92. The van der Waals surface area contributed by atoms with Gasteiger partial charge in [-0.2, -0.15) is 0 Å². The molecule has 2 aliphatic rings. The van der Waals surface area contributed by atoms with Crippen LogP contribution in [-0.4, -0.2) is 48.0 Å². The van der Waals surface area contributed by atoms with Gasteiger partial charge in [-0.3, -0.25) is 0 Å². The zero-order chi connectivity index (χ0) is 38.2. The van der Waals surface area contributed by atoms with Crippen LogP contribution in [0.3, 0.4) is 0 Å². The summed E-state index contributed by atoms with van der Waals surface area (Å²) in [7, 11) is 6.76. The van der Waals surface area contributed by atoms with E-state index in [1.165, 1.54) is 0 Å². The second kappa shape index (κ2) is 14.5. The maximum absolute atomic E-state index is 5.86. The molecule has 0 radical (unpaired) electrons. The highest BCUT2D eigenvalue weighted by Gasteiger charge is 2.26. The molecule has 0 unspecified atom stereocenters. The van der Waals surface area contributed by atoms with Gasteiger partial charge in [0.1, 0.15) is 23.0 Å². The van der Waals surface area contributed by atoms with Gasteiger partial charge in [-0.1, -0.05) is 42.5 Å². The molecular weight excluding hydrogens is 697 g/mol. The van der Waals surface area contributed by atoms with E-state index in [-0.39, 0.29) is 0 Å². The largest absolute Gasteiger partial charge is 0.497 e. The highest BCUT2D eigenvalue weighted by atomic mass is 16.5. The van der Waals surface area contributed by atoms with E-state index in [2.05, 4.69) is 107 Å². The van der Waals surface area contributed by atoms with Crippen molar-refractivity contribution in [3.63, 3.8) is 0 Å². The minimum Gasteiger partial charge on any atom is -0.497 e. The summed E-state index contributed by atoms with van der Waals surface area (Å²) in [5.74, 6) is 2.92. The van der Waals surface area contributed by atoms with Crippen molar-refractivity contribution in [3.05, 3.63) is 150 Å². The molecule has 2 aliphatic heterocycles. The molecule has 9 rings (SSSR count). The predicted molar refractivity (Wildman–Crippen MR) is 226 cm³/mol. The molecule has 8 nitrogen and oxygen atoms in total. The first-order valence-corrected chi connectivity index (χ1v) is 18.3. The summed E-state index contributed by atoms with van der Waals surface area (Å²) < 4.78 is 25.7. The van der Waals surface area contributed by atoms with Gasteiger partial charge in [-0.25, -0.2) is 9.97 Å². The fraction of sp³-hybridized carbons (Fsp3) is 0.0833. The van der Waals surface area contributed by atoms with Crippen molar-refractivity contribution in [2.24, 2.45) is 0 Å². The molecule has 1 N–H and O–H groups in total. The summed E-state index contributed by atoms with van der Waals surface area (Å²) in [5, 5.41) is 0. The summed E-state index contributed by atoms with van der Waals surface area (Å²) >= 11 is 0. The van der Waals surface area contributed by atoms with Gasteiger partial charge in [0.15, 0.2) is 0 Å². The highest BCUT2D eigenvalue weighted by molar-refractivity contribution is 6.11. The van der Waals surface area contributed by atoms with E-state index in [0.29, 0.717) is 0 Å². The van der Waals surface area contributed by atoms with Gasteiger partial charge in [-0.15, -0.1) is 0 Å². The van der Waals surface area contributed by atoms with Crippen LogP contribution >= 0.6 is 0 Å². The number of rotatable bonds is 8. The Morgan fingerprint density at radius 3 is 1.52 bits per heavy atom. The lowest BCUT2D eigenvalue weighted by Gasteiger charge is -2.15. The summed E-state index contributed by atoms with van der Waals surface area (Å²) in [4.78, 5) is 14.0. The zero-order valence-electron chi connectivity index (χ0n) is 31.4. The monoisotopic (exact) mass is 734 g/mol. The average molecular weight is 735 g/mol. The Kier molecular flexibility index (Phi) is 8.91. The second-order valence-corrected chi connectivity index (χ2v) is 13.4. The van der Waals surface area contributed by atoms with Gasteiger partial charge in [0, 0.05) is 39.5 Å². The minimum absolute atomic E-state index is 0.722. The van der Waals surface area contributed by atoms with Crippen molar-refractivity contribution in [1.82, 2.24) is 19.5 Å². The van der Waals surface area contributed by atoms with E-state index in [9.17, 15) is 0 Å². The minimum atomic E-state index is 0.722. The summed E-state index contributed by atoms with van der Waals surface area (Å²) in [5.41, 5.74) is 13.5. The molecule has 0 atom stereocenters. The van der Waals surface area contributed by atoms with Crippen LogP contribution in [0.4, 0.5) is 0 Å². The van der Waals surface area contributed by atoms with Crippen LogP contribution in [0.1, 0.15) is 22.8 Å².